The predicted molar refractivity (Wildman–Crippen MR) is 91.3 cm³/mol. The molecule has 116 valence electrons. The second-order valence-electron chi connectivity index (χ2n) is 6.77. The predicted octanol–water partition coefficient (Wildman–Crippen LogP) is 4.43. The highest BCUT2D eigenvalue weighted by atomic mass is 127. The molecule has 0 amide bonds. The molecule has 0 saturated heterocycles. The molecule has 1 aliphatic carbocycles. The molecule has 21 heavy (non-hydrogen) atoms. The first-order valence-electron chi connectivity index (χ1n) is 7.42. The Balaban J connectivity index is 1.80. The van der Waals surface area contributed by atoms with E-state index in [-0.39, 0.29) is 24.1 Å². The molecule has 1 fully saturated rings. The van der Waals surface area contributed by atoms with Gasteiger partial charge in [0, 0.05) is 3.57 Å². The molecule has 0 N–H and O–H groups in total. The summed E-state index contributed by atoms with van der Waals surface area (Å²) in [7, 11) is 0. The third kappa shape index (κ3) is 5.49. The SMILES string of the molecule is CC1CC(OC(=O)COc2ccc(I)cc2)CC(C)(C)C1. The van der Waals surface area contributed by atoms with Crippen molar-refractivity contribution in [2.75, 3.05) is 6.61 Å². The van der Waals surface area contributed by atoms with Gasteiger partial charge in [-0.2, -0.15) is 0 Å². The van der Waals surface area contributed by atoms with Crippen molar-refractivity contribution in [3.05, 3.63) is 27.8 Å². The lowest BCUT2D eigenvalue weighted by Crippen LogP contribution is -2.35. The molecule has 0 aliphatic heterocycles. The molecule has 4 heteroatoms. The number of hydrogen-bond donors (Lipinski definition) is 0. The van der Waals surface area contributed by atoms with Gasteiger partial charge < -0.3 is 9.47 Å². The van der Waals surface area contributed by atoms with E-state index in [1.54, 1.807) is 0 Å². The molecular weight excluding hydrogens is 379 g/mol. The van der Waals surface area contributed by atoms with Crippen LogP contribution in [0.15, 0.2) is 24.3 Å². The Morgan fingerprint density at radius 2 is 1.95 bits per heavy atom. The molecule has 1 saturated carbocycles. The zero-order valence-corrected chi connectivity index (χ0v) is 15.1. The maximum Gasteiger partial charge on any atom is 0.344 e. The smallest absolute Gasteiger partial charge is 0.344 e. The van der Waals surface area contributed by atoms with Crippen LogP contribution >= 0.6 is 22.6 Å². The van der Waals surface area contributed by atoms with Crippen molar-refractivity contribution in [1.82, 2.24) is 0 Å². The fourth-order valence-electron chi connectivity index (χ4n) is 3.24. The van der Waals surface area contributed by atoms with Gasteiger partial charge in [0.05, 0.1) is 0 Å². The minimum absolute atomic E-state index is 0.0219. The third-order valence-corrected chi connectivity index (χ3v) is 4.53. The molecule has 1 aromatic carbocycles. The summed E-state index contributed by atoms with van der Waals surface area (Å²) in [6.07, 6.45) is 3.11. The Bertz CT molecular complexity index is 481. The first kappa shape index (κ1) is 16.6. The van der Waals surface area contributed by atoms with Crippen molar-refractivity contribution >= 4 is 28.6 Å². The largest absolute Gasteiger partial charge is 0.482 e. The van der Waals surface area contributed by atoms with Crippen molar-refractivity contribution < 1.29 is 14.3 Å². The lowest BCUT2D eigenvalue weighted by atomic mass is 9.71. The first-order valence-corrected chi connectivity index (χ1v) is 8.50. The summed E-state index contributed by atoms with van der Waals surface area (Å²) >= 11 is 2.23. The van der Waals surface area contributed by atoms with Gasteiger partial charge in [0.25, 0.3) is 0 Å². The van der Waals surface area contributed by atoms with E-state index in [0.717, 1.165) is 16.4 Å². The number of halogens is 1. The number of benzene rings is 1. The summed E-state index contributed by atoms with van der Waals surface area (Å²) < 4.78 is 12.2. The topological polar surface area (TPSA) is 35.5 Å². The summed E-state index contributed by atoms with van der Waals surface area (Å²) in [5, 5.41) is 0. The monoisotopic (exact) mass is 402 g/mol. The Hall–Kier alpha value is -0.780. The molecule has 2 unspecified atom stereocenters. The summed E-state index contributed by atoms with van der Waals surface area (Å²) in [4.78, 5) is 11.9. The number of esters is 1. The fraction of sp³-hybridized carbons (Fsp3) is 0.588. The van der Waals surface area contributed by atoms with Crippen molar-refractivity contribution in [1.29, 1.82) is 0 Å². The van der Waals surface area contributed by atoms with Crippen LogP contribution in [0.4, 0.5) is 0 Å². The first-order chi connectivity index (χ1) is 9.84. The van der Waals surface area contributed by atoms with Gasteiger partial charge in [0.15, 0.2) is 6.61 Å². The standard InChI is InChI=1S/C17H23IO3/c1-12-8-15(10-17(2,3)9-12)21-16(19)11-20-14-6-4-13(18)5-7-14/h4-7,12,15H,8-11H2,1-3H3. The maximum absolute atomic E-state index is 11.9. The zero-order valence-electron chi connectivity index (χ0n) is 12.9. The molecule has 2 rings (SSSR count). The van der Waals surface area contributed by atoms with Crippen LogP contribution in [-0.4, -0.2) is 18.7 Å². The van der Waals surface area contributed by atoms with Gasteiger partial charge in [-0.25, -0.2) is 4.79 Å². The van der Waals surface area contributed by atoms with E-state index in [2.05, 4.69) is 43.4 Å². The van der Waals surface area contributed by atoms with Gasteiger partial charge >= 0.3 is 5.97 Å². The Morgan fingerprint density at radius 3 is 2.57 bits per heavy atom. The number of carbonyl (C=O) groups excluding carboxylic acids is 1. The highest BCUT2D eigenvalue weighted by Crippen LogP contribution is 2.39. The minimum Gasteiger partial charge on any atom is -0.482 e. The average molecular weight is 402 g/mol. The number of rotatable bonds is 4. The van der Waals surface area contributed by atoms with Crippen molar-refractivity contribution in [2.45, 2.75) is 46.1 Å². The Labute approximate surface area is 140 Å². The molecule has 0 radical (unpaired) electrons. The van der Waals surface area contributed by atoms with Gasteiger partial charge in [-0.3, -0.25) is 0 Å². The molecule has 1 aliphatic rings. The number of carbonyl (C=O) groups is 1. The van der Waals surface area contributed by atoms with Crippen LogP contribution in [0, 0.1) is 14.9 Å². The second kappa shape index (κ2) is 6.99. The zero-order chi connectivity index (χ0) is 15.5. The normalized spacial score (nSPS) is 24.4. The molecule has 0 bridgehead atoms. The average Bonchev–Trinajstić information content (AvgIpc) is 2.35. The molecular formula is C17H23IO3. The highest BCUT2D eigenvalue weighted by molar-refractivity contribution is 14.1. The second-order valence-corrected chi connectivity index (χ2v) is 8.01. The van der Waals surface area contributed by atoms with E-state index in [4.69, 9.17) is 9.47 Å². The minimum atomic E-state index is -0.275. The van der Waals surface area contributed by atoms with E-state index >= 15 is 0 Å². The van der Waals surface area contributed by atoms with Gasteiger partial charge in [-0.05, 0) is 77.5 Å². The molecule has 0 spiro atoms. The van der Waals surface area contributed by atoms with Crippen LogP contribution in [-0.2, 0) is 9.53 Å². The summed E-state index contributed by atoms with van der Waals surface area (Å²) in [6.45, 7) is 6.69. The quantitative estimate of drug-likeness (QED) is 0.552. The van der Waals surface area contributed by atoms with Gasteiger partial charge in [0.2, 0.25) is 0 Å². The molecule has 0 aromatic heterocycles. The lowest BCUT2D eigenvalue weighted by Gasteiger charge is -2.38. The lowest BCUT2D eigenvalue weighted by molar-refractivity contribution is -0.155. The molecule has 1 aromatic rings. The van der Waals surface area contributed by atoms with Gasteiger partial charge in [0.1, 0.15) is 11.9 Å². The van der Waals surface area contributed by atoms with Crippen LogP contribution in [0.2, 0.25) is 0 Å². The molecule has 0 heterocycles. The van der Waals surface area contributed by atoms with Crippen molar-refractivity contribution in [2.24, 2.45) is 11.3 Å². The van der Waals surface area contributed by atoms with E-state index in [9.17, 15) is 4.79 Å². The number of hydrogen-bond acceptors (Lipinski definition) is 3. The van der Waals surface area contributed by atoms with Crippen LogP contribution in [0.3, 0.4) is 0 Å². The Kier molecular flexibility index (Phi) is 5.52. The fourth-order valence-corrected chi connectivity index (χ4v) is 3.60. The van der Waals surface area contributed by atoms with E-state index in [1.165, 1.54) is 6.42 Å². The number of ether oxygens (including phenoxy) is 2. The van der Waals surface area contributed by atoms with Crippen LogP contribution in [0.5, 0.6) is 5.75 Å². The van der Waals surface area contributed by atoms with Gasteiger partial charge in [-0.15, -0.1) is 0 Å². The van der Waals surface area contributed by atoms with Gasteiger partial charge in [-0.1, -0.05) is 20.8 Å². The highest BCUT2D eigenvalue weighted by Gasteiger charge is 2.33. The van der Waals surface area contributed by atoms with E-state index in [0.29, 0.717) is 11.7 Å². The Morgan fingerprint density at radius 1 is 1.29 bits per heavy atom. The third-order valence-electron chi connectivity index (χ3n) is 3.82. The summed E-state index contributed by atoms with van der Waals surface area (Å²) in [5.74, 6) is 1.02. The van der Waals surface area contributed by atoms with E-state index < -0.39 is 0 Å². The molecule has 3 nitrogen and oxygen atoms in total. The van der Waals surface area contributed by atoms with Crippen molar-refractivity contribution in [3.8, 4) is 5.75 Å². The molecule has 2 atom stereocenters. The summed E-state index contributed by atoms with van der Waals surface area (Å²) in [5.41, 5.74) is 0.250. The van der Waals surface area contributed by atoms with Crippen LogP contribution in [0.25, 0.3) is 0 Å². The van der Waals surface area contributed by atoms with Crippen LogP contribution in [0.1, 0.15) is 40.0 Å². The maximum atomic E-state index is 11.9. The van der Waals surface area contributed by atoms with E-state index in [1.807, 2.05) is 24.3 Å². The summed E-state index contributed by atoms with van der Waals surface area (Å²) in [6, 6.07) is 7.63. The van der Waals surface area contributed by atoms with Crippen LogP contribution < -0.4 is 4.74 Å². The van der Waals surface area contributed by atoms with Crippen molar-refractivity contribution in [3.63, 3.8) is 0 Å².